The Morgan fingerprint density at radius 2 is 2.27 bits per heavy atom. The van der Waals surface area contributed by atoms with Crippen LogP contribution in [0.4, 0.5) is 0 Å². The van der Waals surface area contributed by atoms with Gasteiger partial charge in [0.05, 0.1) is 4.99 Å². The number of thioether (sulfide) groups is 1. The van der Waals surface area contributed by atoms with Gasteiger partial charge in [-0.15, -0.1) is 0 Å². The Morgan fingerprint density at radius 3 is 2.80 bits per heavy atom. The van der Waals surface area contributed by atoms with E-state index in [0.717, 1.165) is 18.1 Å². The summed E-state index contributed by atoms with van der Waals surface area (Å²) in [5, 5.41) is 0.721. The molecule has 0 radical (unpaired) electrons. The quantitative estimate of drug-likeness (QED) is 0.771. The van der Waals surface area contributed by atoms with Crippen molar-refractivity contribution >= 4 is 29.0 Å². The molecule has 88 valence electrons. The van der Waals surface area contributed by atoms with E-state index in [1.165, 1.54) is 12.3 Å². The van der Waals surface area contributed by atoms with Crippen molar-refractivity contribution in [3.8, 4) is 0 Å². The van der Waals surface area contributed by atoms with Gasteiger partial charge in [0.1, 0.15) is 0 Å². The summed E-state index contributed by atoms with van der Waals surface area (Å²) >= 11 is 7.09. The van der Waals surface area contributed by atoms with Gasteiger partial charge in [-0.3, -0.25) is 4.90 Å². The minimum Gasteiger partial charge on any atom is -0.393 e. The molecule has 1 saturated heterocycles. The van der Waals surface area contributed by atoms with Crippen LogP contribution in [0, 0.1) is 0 Å². The van der Waals surface area contributed by atoms with Crippen LogP contribution in [-0.2, 0) is 0 Å². The van der Waals surface area contributed by atoms with Crippen molar-refractivity contribution in [2.45, 2.75) is 50.9 Å². The van der Waals surface area contributed by atoms with Crippen molar-refractivity contribution in [3.05, 3.63) is 0 Å². The highest BCUT2D eigenvalue weighted by Gasteiger charge is 2.29. The average molecular weight is 246 g/mol. The van der Waals surface area contributed by atoms with E-state index in [-0.39, 0.29) is 0 Å². The molecule has 4 heteroatoms. The van der Waals surface area contributed by atoms with Crippen LogP contribution in [-0.4, -0.2) is 39.5 Å². The first kappa shape index (κ1) is 13.3. The van der Waals surface area contributed by atoms with Gasteiger partial charge in [-0.1, -0.05) is 26.1 Å². The predicted molar refractivity (Wildman–Crippen MR) is 73.6 cm³/mol. The van der Waals surface area contributed by atoms with Crippen molar-refractivity contribution in [2.24, 2.45) is 5.73 Å². The molecule has 0 saturated carbocycles. The van der Waals surface area contributed by atoms with Crippen LogP contribution < -0.4 is 5.73 Å². The Balaban J connectivity index is 2.61. The Hall–Kier alpha value is 0.200. The SMILES string of the molecule is CCC(CC(N)=S)N1CCSC(C)C1C. The molecule has 2 nitrogen and oxygen atoms in total. The molecule has 3 unspecified atom stereocenters. The van der Waals surface area contributed by atoms with Crippen LogP contribution in [0.25, 0.3) is 0 Å². The second-order valence-corrected chi connectivity index (χ2v) is 6.30. The fraction of sp³-hybridized carbons (Fsp3) is 0.909. The Bertz CT molecular complexity index is 221. The fourth-order valence-corrected chi connectivity index (χ4v) is 3.52. The van der Waals surface area contributed by atoms with Gasteiger partial charge >= 0.3 is 0 Å². The fourth-order valence-electron chi connectivity index (χ4n) is 2.20. The van der Waals surface area contributed by atoms with Crippen molar-refractivity contribution in [1.29, 1.82) is 0 Å². The van der Waals surface area contributed by atoms with Gasteiger partial charge in [0.15, 0.2) is 0 Å². The number of nitrogens with two attached hydrogens (primary N) is 1. The van der Waals surface area contributed by atoms with Gasteiger partial charge in [0.25, 0.3) is 0 Å². The van der Waals surface area contributed by atoms with Crippen molar-refractivity contribution in [3.63, 3.8) is 0 Å². The Morgan fingerprint density at radius 1 is 1.60 bits per heavy atom. The minimum atomic E-state index is 0.542. The van der Waals surface area contributed by atoms with E-state index in [2.05, 4.69) is 37.4 Å². The third-order valence-electron chi connectivity index (χ3n) is 3.31. The van der Waals surface area contributed by atoms with Crippen LogP contribution in [0.15, 0.2) is 0 Å². The Kier molecular flexibility index (Phi) is 5.36. The van der Waals surface area contributed by atoms with Crippen LogP contribution >= 0.6 is 24.0 Å². The van der Waals surface area contributed by atoms with E-state index in [0.29, 0.717) is 17.1 Å². The summed E-state index contributed by atoms with van der Waals surface area (Å²) in [6, 6.07) is 1.18. The van der Waals surface area contributed by atoms with Gasteiger partial charge < -0.3 is 5.73 Å². The number of nitrogens with zero attached hydrogens (tertiary/aromatic N) is 1. The number of thiocarbonyl (C=S) groups is 1. The van der Waals surface area contributed by atoms with E-state index in [9.17, 15) is 0 Å². The molecule has 1 heterocycles. The molecule has 3 atom stereocenters. The highest BCUT2D eigenvalue weighted by Crippen LogP contribution is 2.27. The molecular formula is C11H22N2S2. The van der Waals surface area contributed by atoms with Gasteiger partial charge in [-0.2, -0.15) is 11.8 Å². The van der Waals surface area contributed by atoms with Gasteiger partial charge in [-0.05, 0) is 13.3 Å². The zero-order valence-electron chi connectivity index (χ0n) is 9.90. The van der Waals surface area contributed by atoms with Gasteiger partial charge in [0.2, 0.25) is 0 Å². The van der Waals surface area contributed by atoms with E-state index in [4.69, 9.17) is 18.0 Å². The summed E-state index contributed by atoms with van der Waals surface area (Å²) in [5.41, 5.74) is 5.66. The summed E-state index contributed by atoms with van der Waals surface area (Å²) in [7, 11) is 0. The molecule has 1 aliphatic rings. The maximum atomic E-state index is 5.66. The van der Waals surface area contributed by atoms with Crippen molar-refractivity contribution < 1.29 is 0 Å². The standard InChI is InChI=1S/C11H22N2S2/c1-4-10(7-11(12)14)13-5-6-15-9(3)8(13)2/h8-10H,4-7H2,1-3H3,(H2,12,14). The Labute approximate surface area is 103 Å². The van der Waals surface area contributed by atoms with Crippen molar-refractivity contribution in [1.82, 2.24) is 4.90 Å². The summed E-state index contributed by atoms with van der Waals surface area (Å²) in [6.07, 6.45) is 2.01. The first-order chi connectivity index (χ1) is 7.06. The lowest BCUT2D eigenvalue weighted by Crippen LogP contribution is -2.50. The molecule has 15 heavy (non-hydrogen) atoms. The molecule has 1 fully saturated rings. The monoisotopic (exact) mass is 246 g/mol. The second kappa shape index (κ2) is 6.06. The largest absolute Gasteiger partial charge is 0.393 e. The number of hydrogen-bond donors (Lipinski definition) is 1. The highest BCUT2D eigenvalue weighted by atomic mass is 32.2. The van der Waals surface area contributed by atoms with E-state index < -0.39 is 0 Å². The van der Waals surface area contributed by atoms with E-state index in [1.807, 2.05) is 0 Å². The second-order valence-electron chi connectivity index (χ2n) is 4.29. The first-order valence-electron chi connectivity index (χ1n) is 5.71. The molecule has 0 aromatic heterocycles. The smallest absolute Gasteiger partial charge is 0.0743 e. The molecule has 0 aliphatic carbocycles. The lowest BCUT2D eigenvalue weighted by atomic mass is 10.1. The third kappa shape index (κ3) is 3.61. The normalized spacial score (nSPS) is 30.1. The van der Waals surface area contributed by atoms with E-state index >= 15 is 0 Å². The topological polar surface area (TPSA) is 29.3 Å². The molecule has 0 bridgehead atoms. The van der Waals surface area contributed by atoms with Crippen LogP contribution in [0.3, 0.4) is 0 Å². The summed E-state index contributed by atoms with van der Waals surface area (Å²) < 4.78 is 0. The van der Waals surface area contributed by atoms with Crippen molar-refractivity contribution in [2.75, 3.05) is 12.3 Å². The van der Waals surface area contributed by atoms with Crippen LogP contribution in [0.1, 0.15) is 33.6 Å². The van der Waals surface area contributed by atoms with Gasteiger partial charge in [0, 0.05) is 36.1 Å². The molecule has 2 N–H and O–H groups in total. The summed E-state index contributed by atoms with van der Waals surface area (Å²) in [4.78, 5) is 3.24. The predicted octanol–water partition coefficient (Wildman–Crippen LogP) is 2.27. The minimum absolute atomic E-state index is 0.542. The molecule has 1 rings (SSSR count). The maximum absolute atomic E-state index is 5.66. The summed E-state index contributed by atoms with van der Waals surface area (Å²) in [6.45, 7) is 8.04. The third-order valence-corrected chi connectivity index (χ3v) is 4.81. The molecule has 0 amide bonds. The van der Waals surface area contributed by atoms with Crippen LogP contribution in [0.5, 0.6) is 0 Å². The zero-order valence-corrected chi connectivity index (χ0v) is 11.5. The summed E-state index contributed by atoms with van der Waals surface area (Å²) in [5.74, 6) is 1.24. The first-order valence-corrected chi connectivity index (χ1v) is 7.17. The maximum Gasteiger partial charge on any atom is 0.0743 e. The molecule has 1 aliphatic heterocycles. The number of rotatable bonds is 4. The lowest BCUT2D eigenvalue weighted by molar-refractivity contribution is 0.146. The average Bonchev–Trinajstić information content (AvgIpc) is 2.19. The van der Waals surface area contributed by atoms with Crippen LogP contribution in [0.2, 0.25) is 0 Å². The molecule has 0 spiro atoms. The molecule has 0 aromatic carbocycles. The lowest BCUT2D eigenvalue weighted by Gasteiger charge is -2.42. The van der Waals surface area contributed by atoms with Gasteiger partial charge in [-0.25, -0.2) is 0 Å². The highest BCUT2D eigenvalue weighted by molar-refractivity contribution is 8.00. The molecular weight excluding hydrogens is 224 g/mol. The number of hydrogen-bond acceptors (Lipinski definition) is 3. The zero-order chi connectivity index (χ0) is 11.4. The van der Waals surface area contributed by atoms with E-state index in [1.54, 1.807) is 0 Å². The molecule has 0 aromatic rings.